The van der Waals surface area contributed by atoms with E-state index in [1.165, 1.54) is 14.2 Å². The van der Waals surface area contributed by atoms with Crippen molar-refractivity contribution in [1.82, 2.24) is 30.4 Å². The lowest BCUT2D eigenvalue weighted by Gasteiger charge is -2.34. The second-order valence-electron chi connectivity index (χ2n) is 15.6. The molecular formula is C44H53N7O7. The maximum atomic E-state index is 14.3. The molecule has 2 aliphatic rings. The Bertz CT molecular complexity index is 2070. The summed E-state index contributed by atoms with van der Waals surface area (Å²) in [5.74, 6) is -0.579. The van der Waals surface area contributed by atoms with E-state index in [2.05, 4.69) is 25.7 Å². The largest absolute Gasteiger partial charge is 0.453 e. The number of carbonyl (C=O) groups excluding carboxylic acids is 5. The molecule has 0 saturated carbocycles. The molecule has 306 valence electrons. The first-order valence-electron chi connectivity index (χ1n) is 19.8. The molecule has 3 heterocycles. The van der Waals surface area contributed by atoms with Crippen molar-refractivity contribution in [3.8, 4) is 22.4 Å². The number of H-pyrrole nitrogens is 1. The summed E-state index contributed by atoms with van der Waals surface area (Å²) in [5.41, 5.74) is 5.38. The van der Waals surface area contributed by atoms with E-state index in [4.69, 9.17) is 9.72 Å². The fraction of sp³-hybridized carbons (Fsp3) is 0.409. The number of rotatable bonds is 12. The molecule has 14 nitrogen and oxygen atoms in total. The summed E-state index contributed by atoms with van der Waals surface area (Å²) in [6.45, 7) is 8.20. The summed E-state index contributed by atoms with van der Waals surface area (Å²) in [4.78, 5) is 76.4. The highest BCUT2D eigenvalue weighted by molar-refractivity contribution is 5.94. The SMILES string of the molecule is COC(=O)N[C@H](C(=O)N1CCC(C(=O)Nc2ccc(-c3ccc(-c4cnc([C@@H]5CC[C@H](c6ccccc6)N5C(=O)[C@@H](NC(=O)OC)C(C)C)[nH]4)cc3)cc2)C1)C(C)C. The minimum Gasteiger partial charge on any atom is -0.453 e. The number of aromatic nitrogens is 2. The van der Waals surface area contributed by atoms with Crippen LogP contribution in [0.1, 0.15) is 70.4 Å². The van der Waals surface area contributed by atoms with Gasteiger partial charge in [0, 0.05) is 18.8 Å². The number of carbonyl (C=O) groups is 5. The van der Waals surface area contributed by atoms with Crippen LogP contribution >= 0.6 is 0 Å². The molecule has 0 spiro atoms. The highest BCUT2D eigenvalue weighted by Crippen LogP contribution is 2.44. The zero-order valence-corrected chi connectivity index (χ0v) is 33.9. The van der Waals surface area contributed by atoms with Crippen LogP contribution in [0.15, 0.2) is 85.1 Å². The van der Waals surface area contributed by atoms with Gasteiger partial charge in [0.05, 0.1) is 44.1 Å². The van der Waals surface area contributed by atoms with E-state index in [0.717, 1.165) is 34.4 Å². The minimum absolute atomic E-state index is 0.143. The van der Waals surface area contributed by atoms with Gasteiger partial charge in [-0.3, -0.25) is 14.4 Å². The number of anilines is 1. The second kappa shape index (κ2) is 18.4. The van der Waals surface area contributed by atoms with Crippen LogP contribution in [0.5, 0.6) is 0 Å². The van der Waals surface area contributed by atoms with Crippen LogP contribution < -0.4 is 16.0 Å². The molecule has 2 fully saturated rings. The van der Waals surface area contributed by atoms with Crippen molar-refractivity contribution in [2.45, 2.75) is 71.1 Å². The first-order valence-corrected chi connectivity index (χ1v) is 19.8. The normalized spacial score (nSPS) is 18.8. The topological polar surface area (TPSA) is 175 Å². The second-order valence-corrected chi connectivity index (χ2v) is 15.6. The molecule has 58 heavy (non-hydrogen) atoms. The smallest absolute Gasteiger partial charge is 0.407 e. The van der Waals surface area contributed by atoms with E-state index in [1.807, 2.05) is 111 Å². The van der Waals surface area contributed by atoms with Crippen LogP contribution in [0.25, 0.3) is 22.4 Å². The number of hydrogen-bond donors (Lipinski definition) is 4. The lowest BCUT2D eigenvalue weighted by atomic mass is 10.00. The first-order chi connectivity index (χ1) is 27.9. The summed E-state index contributed by atoms with van der Waals surface area (Å²) < 4.78 is 9.53. The molecule has 0 bridgehead atoms. The molecular weight excluding hydrogens is 739 g/mol. The quantitative estimate of drug-likeness (QED) is 0.123. The summed E-state index contributed by atoms with van der Waals surface area (Å²) in [7, 11) is 2.54. The Labute approximate surface area is 339 Å². The third-order valence-corrected chi connectivity index (χ3v) is 11.1. The molecule has 3 aromatic carbocycles. The molecule has 1 aromatic heterocycles. The number of nitrogens with zero attached hydrogens (tertiary/aromatic N) is 3. The molecule has 6 rings (SSSR count). The highest BCUT2D eigenvalue weighted by Gasteiger charge is 2.43. The van der Waals surface area contributed by atoms with Gasteiger partial charge in [-0.05, 0) is 65.5 Å². The Morgan fingerprint density at radius 1 is 0.707 bits per heavy atom. The Kier molecular flexibility index (Phi) is 13.1. The standard InChI is InChI=1S/C44H53N7O7/c1-26(2)37(48-43(55)57-5)41(53)50-23-22-32(25-50)40(52)46-33-18-16-29(17-19-33)28-12-14-30(15-13-28)34-24-45-39(47-34)36-21-20-35(31-10-8-7-9-11-31)51(36)42(54)38(27(3)4)49-44(56)58-6/h7-19,24,26-27,32,35-38H,20-23,25H2,1-6H3,(H,45,47)(H,46,52)(H,48,55)(H,49,56)/t32?,35-,36+,37+,38+/m1/s1. The molecule has 0 aliphatic carbocycles. The number of amides is 5. The summed E-state index contributed by atoms with van der Waals surface area (Å²) in [6, 6.07) is 23.6. The summed E-state index contributed by atoms with van der Waals surface area (Å²) >= 11 is 0. The van der Waals surface area contributed by atoms with Crippen molar-refractivity contribution in [3.63, 3.8) is 0 Å². The Hall–Kier alpha value is -6.18. The fourth-order valence-corrected chi connectivity index (χ4v) is 7.81. The lowest BCUT2D eigenvalue weighted by molar-refractivity contribution is -0.138. The third-order valence-electron chi connectivity index (χ3n) is 11.1. The average Bonchev–Trinajstić information content (AvgIpc) is 4.03. The van der Waals surface area contributed by atoms with Gasteiger partial charge in [-0.2, -0.15) is 0 Å². The van der Waals surface area contributed by atoms with Gasteiger partial charge in [0.25, 0.3) is 0 Å². The summed E-state index contributed by atoms with van der Waals surface area (Å²) in [6.07, 6.45) is 2.44. The number of likely N-dealkylation sites (tertiary alicyclic amines) is 2. The predicted molar refractivity (Wildman–Crippen MR) is 219 cm³/mol. The van der Waals surface area contributed by atoms with Crippen molar-refractivity contribution < 1.29 is 33.4 Å². The first kappa shape index (κ1) is 41.5. The highest BCUT2D eigenvalue weighted by atomic mass is 16.5. The van der Waals surface area contributed by atoms with Gasteiger partial charge in [-0.15, -0.1) is 0 Å². The number of hydrogen-bond acceptors (Lipinski definition) is 8. The Morgan fingerprint density at radius 2 is 1.26 bits per heavy atom. The van der Waals surface area contributed by atoms with Gasteiger partial charge in [0.15, 0.2) is 0 Å². The van der Waals surface area contributed by atoms with Gasteiger partial charge >= 0.3 is 12.2 Å². The third kappa shape index (κ3) is 9.33. The fourth-order valence-electron chi connectivity index (χ4n) is 7.81. The van der Waals surface area contributed by atoms with Crippen LogP contribution in [-0.4, -0.2) is 89.1 Å². The predicted octanol–water partition coefficient (Wildman–Crippen LogP) is 6.70. The number of benzene rings is 3. The van der Waals surface area contributed by atoms with Crippen molar-refractivity contribution in [1.29, 1.82) is 0 Å². The number of methoxy groups -OCH3 is 2. The van der Waals surface area contributed by atoms with Crippen LogP contribution in [0.2, 0.25) is 0 Å². The molecule has 1 unspecified atom stereocenters. The van der Waals surface area contributed by atoms with E-state index < -0.39 is 24.3 Å². The summed E-state index contributed by atoms with van der Waals surface area (Å²) in [5, 5.41) is 8.35. The molecule has 2 aliphatic heterocycles. The number of nitrogens with one attached hydrogen (secondary N) is 4. The Balaban J connectivity index is 1.10. The maximum absolute atomic E-state index is 14.3. The number of ether oxygens (including phenoxy) is 2. The number of alkyl carbamates (subject to hydrolysis) is 2. The monoisotopic (exact) mass is 791 g/mol. The Morgan fingerprint density at radius 3 is 1.84 bits per heavy atom. The lowest BCUT2D eigenvalue weighted by Crippen LogP contribution is -2.51. The van der Waals surface area contributed by atoms with E-state index in [-0.39, 0.29) is 54.1 Å². The molecule has 5 atom stereocenters. The van der Waals surface area contributed by atoms with Crippen LogP contribution in [0, 0.1) is 17.8 Å². The van der Waals surface area contributed by atoms with Crippen molar-refractivity contribution in [2.75, 3.05) is 32.6 Å². The minimum atomic E-state index is -0.774. The average molecular weight is 792 g/mol. The van der Waals surface area contributed by atoms with Crippen molar-refractivity contribution >= 4 is 35.6 Å². The molecule has 4 N–H and O–H groups in total. The zero-order valence-electron chi connectivity index (χ0n) is 33.9. The molecule has 5 amide bonds. The van der Waals surface area contributed by atoms with Crippen molar-refractivity contribution in [3.05, 3.63) is 96.4 Å². The van der Waals surface area contributed by atoms with Crippen molar-refractivity contribution in [2.24, 2.45) is 17.8 Å². The van der Waals surface area contributed by atoms with E-state index in [9.17, 15) is 24.0 Å². The molecule has 0 radical (unpaired) electrons. The molecule has 4 aromatic rings. The van der Waals surface area contributed by atoms with Crippen LogP contribution in [-0.2, 0) is 23.9 Å². The van der Waals surface area contributed by atoms with Crippen LogP contribution in [0.3, 0.4) is 0 Å². The van der Waals surface area contributed by atoms with Gasteiger partial charge in [0.1, 0.15) is 17.9 Å². The van der Waals surface area contributed by atoms with Gasteiger partial charge in [-0.25, -0.2) is 14.6 Å². The van der Waals surface area contributed by atoms with E-state index in [0.29, 0.717) is 30.9 Å². The maximum Gasteiger partial charge on any atom is 0.407 e. The molecule has 14 heteroatoms. The van der Waals surface area contributed by atoms with Gasteiger partial charge in [-0.1, -0.05) is 94.4 Å². The van der Waals surface area contributed by atoms with E-state index in [1.54, 1.807) is 11.1 Å². The van der Waals surface area contributed by atoms with Gasteiger partial charge < -0.3 is 40.2 Å². The van der Waals surface area contributed by atoms with E-state index >= 15 is 0 Å². The number of aromatic amines is 1. The zero-order chi connectivity index (χ0) is 41.5. The van der Waals surface area contributed by atoms with Gasteiger partial charge in [0.2, 0.25) is 17.7 Å². The number of imidazole rings is 1. The molecule has 2 saturated heterocycles. The van der Waals surface area contributed by atoms with Crippen LogP contribution in [0.4, 0.5) is 15.3 Å².